The molecule has 0 saturated carbocycles. The molecule has 0 fully saturated rings. The molecule has 0 atom stereocenters. The molecular weight excluding hydrogens is 353 g/mol. The summed E-state index contributed by atoms with van der Waals surface area (Å²) in [4.78, 5) is 18.5. The Labute approximate surface area is 161 Å². The zero-order valence-corrected chi connectivity index (χ0v) is 15.2. The van der Waals surface area contributed by atoms with Crippen LogP contribution in [0.15, 0.2) is 72.9 Å². The highest BCUT2D eigenvalue weighted by Crippen LogP contribution is 2.23. The van der Waals surface area contributed by atoms with Crippen LogP contribution in [-0.2, 0) is 13.0 Å². The first-order valence-electron chi connectivity index (χ1n) is 9.35. The predicted octanol–water partition coefficient (Wildman–Crippen LogP) is 3.76. The molecule has 1 aliphatic rings. The second-order valence-electron chi connectivity index (χ2n) is 7.06. The van der Waals surface area contributed by atoms with E-state index in [0.29, 0.717) is 18.8 Å². The van der Waals surface area contributed by atoms with Crippen molar-refractivity contribution in [3.63, 3.8) is 0 Å². The molecule has 4 aromatic rings. The van der Waals surface area contributed by atoms with Gasteiger partial charge < -0.3 is 4.90 Å². The number of H-pyrrole nitrogens is 1. The number of pyridine rings is 1. The largest absolute Gasteiger partial charge is 0.331 e. The predicted molar refractivity (Wildman–Crippen MR) is 104 cm³/mol. The van der Waals surface area contributed by atoms with Crippen LogP contribution in [0.3, 0.4) is 0 Å². The Morgan fingerprint density at radius 2 is 1.71 bits per heavy atom. The lowest BCUT2D eigenvalue weighted by Crippen LogP contribution is -2.36. The van der Waals surface area contributed by atoms with Crippen molar-refractivity contribution < 1.29 is 13.6 Å². The van der Waals surface area contributed by atoms with Crippen molar-refractivity contribution in [1.82, 2.24) is 9.88 Å². The van der Waals surface area contributed by atoms with Crippen molar-refractivity contribution >= 4 is 11.4 Å². The maximum absolute atomic E-state index is 13.3. The van der Waals surface area contributed by atoms with Gasteiger partial charge >= 0.3 is 0 Å². The van der Waals surface area contributed by atoms with Crippen molar-refractivity contribution in [1.29, 1.82) is 0 Å². The SMILES string of the molecule is O=C(c1[nH]c(-c2ccc(F)cc2)[n+]2ccccc12)N1CCc2ccccc2C1. The maximum atomic E-state index is 13.3. The summed E-state index contributed by atoms with van der Waals surface area (Å²) in [6.07, 6.45) is 2.77. The Morgan fingerprint density at radius 1 is 0.964 bits per heavy atom. The number of aromatic nitrogens is 2. The molecule has 1 amide bonds. The van der Waals surface area contributed by atoms with Crippen molar-refractivity contribution in [2.24, 2.45) is 0 Å². The first-order valence-corrected chi connectivity index (χ1v) is 9.35. The third-order valence-electron chi connectivity index (χ3n) is 5.35. The average molecular weight is 372 g/mol. The Balaban J connectivity index is 1.56. The van der Waals surface area contributed by atoms with Crippen molar-refractivity contribution in [2.45, 2.75) is 13.0 Å². The van der Waals surface area contributed by atoms with Gasteiger partial charge in [0, 0.05) is 13.1 Å². The Kier molecular flexibility index (Phi) is 3.93. The number of nitrogens with one attached hydrogen (secondary N) is 1. The Morgan fingerprint density at radius 3 is 2.54 bits per heavy atom. The van der Waals surface area contributed by atoms with Gasteiger partial charge in [-0.1, -0.05) is 30.3 Å². The van der Waals surface area contributed by atoms with Crippen LogP contribution in [0.5, 0.6) is 0 Å². The molecule has 4 nitrogen and oxygen atoms in total. The lowest BCUT2D eigenvalue weighted by molar-refractivity contribution is -0.498. The third kappa shape index (κ3) is 2.76. The standard InChI is InChI=1S/C23H18FN3O/c24-19-10-8-17(9-11-19)22-25-21(20-7-3-4-13-27(20)22)23(28)26-14-12-16-5-1-2-6-18(16)15-26/h1-11,13H,12,14-15H2/p+1. The number of halogens is 1. The first-order chi connectivity index (χ1) is 13.7. The monoisotopic (exact) mass is 372 g/mol. The fourth-order valence-electron chi connectivity index (χ4n) is 3.89. The van der Waals surface area contributed by atoms with Crippen LogP contribution in [0.4, 0.5) is 4.39 Å². The smallest absolute Gasteiger partial charge is 0.298 e. The lowest BCUT2D eigenvalue weighted by Gasteiger charge is -2.27. The third-order valence-corrected chi connectivity index (χ3v) is 5.35. The summed E-state index contributed by atoms with van der Waals surface area (Å²) in [7, 11) is 0. The van der Waals surface area contributed by atoms with E-state index in [2.05, 4.69) is 17.1 Å². The van der Waals surface area contributed by atoms with Gasteiger partial charge in [0.25, 0.3) is 11.7 Å². The van der Waals surface area contributed by atoms with Gasteiger partial charge in [0.1, 0.15) is 5.82 Å². The van der Waals surface area contributed by atoms with E-state index in [1.807, 2.05) is 45.8 Å². The molecule has 1 N–H and O–H groups in total. The van der Waals surface area contributed by atoms with E-state index >= 15 is 0 Å². The maximum Gasteiger partial charge on any atom is 0.298 e. The summed E-state index contributed by atoms with van der Waals surface area (Å²) in [5.41, 5.74) is 4.70. The minimum absolute atomic E-state index is 0.0217. The fraction of sp³-hybridized carbons (Fsp3) is 0.130. The van der Waals surface area contributed by atoms with Crippen LogP contribution in [0.25, 0.3) is 16.9 Å². The van der Waals surface area contributed by atoms with Gasteiger partial charge in [-0.2, -0.15) is 4.40 Å². The second kappa shape index (κ2) is 6.60. The molecule has 1 aliphatic heterocycles. The normalized spacial score (nSPS) is 13.5. The number of nitrogens with zero attached hydrogens (tertiary/aromatic N) is 2. The van der Waals surface area contributed by atoms with Crippen LogP contribution in [-0.4, -0.2) is 22.3 Å². The van der Waals surface area contributed by atoms with Gasteiger partial charge in [-0.05, 0) is 53.9 Å². The van der Waals surface area contributed by atoms with Gasteiger partial charge in [0.15, 0.2) is 5.52 Å². The zero-order valence-electron chi connectivity index (χ0n) is 15.2. The molecule has 2 aromatic carbocycles. The van der Waals surface area contributed by atoms with E-state index in [9.17, 15) is 9.18 Å². The van der Waals surface area contributed by atoms with Gasteiger partial charge in [0.2, 0.25) is 5.69 Å². The van der Waals surface area contributed by atoms with Crippen LogP contribution in [0.2, 0.25) is 0 Å². The molecule has 0 bridgehead atoms. The molecule has 0 spiro atoms. The van der Waals surface area contributed by atoms with Crippen molar-refractivity contribution in [2.75, 3.05) is 6.54 Å². The number of imidazole rings is 1. The van der Waals surface area contributed by atoms with Crippen LogP contribution in [0.1, 0.15) is 21.6 Å². The number of hydrogen-bond acceptors (Lipinski definition) is 1. The highest BCUT2D eigenvalue weighted by molar-refractivity contribution is 5.98. The molecule has 138 valence electrons. The molecule has 28 heavy (non-hydrogen) atoms. The lowest BCUT2D eigenvalue weighted by atomic mass is 10.00. The number of carbonyl (C=O) groups is 1. The number of amides is 1. The summed E-state index contributed by atoms with van der Waals surface area (Å²) >= 11 is 0. The van der Waals surface area contributed by atoms with Crippen LogP contribution in [0, 0.1) is 5.82 Å². The first kappa shape index (κ1) is 16.7. The zero-order chi connectivity index (χ0) is 19.1. The van der Waals surface area contributed by atoms with Gasteiger partial charge in [0.05, 0.1) is 11.8 Å². The summed E-state index contributed by atoms with van der Waals surface area (Å²) in [5, 5.41) is 0. The molecule has 0 aliphatic carbocycles. The highest BCUT2D eigenvalue weighted by Gasteiger charge is 2.30. The Hall–Kier alpha value is -3.47. The summed E-state index contributed by atoms with van der Waals surface area (Å²) < 4.78 is 15.3. The second-order valence-corrected chi connectivity index (χ2v) is 7.06. The number of carbonyl (C=O) groups excluding carboxylic acids is 1. The molecule has 0 saturated heterocycles. The van der Waals surface area contributed by atoms with E-state index in [4.69, 9.17) is 0 Å². The number of hydrogen-bond donors (Lipinski definition) is 1. The number of aromatic amines is 1. The van der Waals surface area contributed by atoms with E-state index < -0.39 is 0 Å². The van der Waals surface area contributed by atoms with Crippen molar-refractivity contribution in [3.05, 3.63) is 95.6 Å². The molecule has 2 aromatic heterocycles. The minimum Gasteiger partial charge on any atom is -0.331 e. The van der Waals surface area contributed by atoms with Gasteiger partial charge in [-0.25, -0.2) is 9.37 Å². The molecule has 3 heterocycles. The molecular formula is C23H19FN3O+. The van der Waals surface area contributed by atoms with E-state index in [0.717, 1.165) is 23.3 Å². The molecule has 5 rings (SSSR count). The highest BCUT2D eigenvalue weighted by atomic mass is 19.1. The average Bonchev–Trinajstić information content (AvgIpc) is 3.13. The molecule has 0 unspecified atom stereocenters. The summed E-state index contributed by atoms with van der Waals surface area (Å²) in [5.74, 6) is 0.454. The van der Waals surface area contributed by atoms with Gasteiger partial charge in [-0.3, -0.25) is 4.79 Å². The van der Waals surface area contributed by atoms with Crippen LogP contribution < -0.4 is 4.40 Å². The van der Waals surface area contributed by atoms with E-state index in [-0.39, 0.29) is 11.7 Å². The number of benzene rings is 2. The Bertz CT molecular complexity index is 1180. The van der Waals surface area contributed by atoms with Crippen molar-refractivity contribution in [3.8, 4) is 11.4 Å². The summed E-state index contributed by atoms with van der Waals surface area (Å²) in [6.45, 7) is 1.30. The van der Waals surface area contributed by atoms with Gasteiger partial charge in [-0.15, -0.1) is 0 Å². The number of rotatable bonds is 2. The molecule has 5 heteroatoms. The van der Waals surface area contributed by atoms with Crippen LogP contribution >= 0.6 is 0 Å². The quantitative estimate of drug-likeness (QED) is 0.535. The molecule has 0 radical (unpaired) electrons. The van der Waals surface area contributed by atoms with E-state index in [1.165, 1.54) is 23.3 Å². The summed E-state index contributed by atoms with van der Waals surface area (Å²) in [6, 6.07) is 20.3. The fourth-order valence-corrected chi connectivity index (χ4v) is 3.89. The minimum atomic E-state index is -0.284. The van der Waals surface area contributed by atoms with E-state index in [1.54, 1.807) is 12.1 Å². The topological polar surface area (TPSA) is 40.2 Å². The number of fused-ring (bicyclic) bond motifs is 2.